The van der Waals surface area contributed by atoms with Gasteiger partial charge in [-0.05, 0) is 43.4 Å². The summed E-state index contributed by atoms with van der Waals surface area (Å²) in [7, 11) is 0. The van der Waals surface area contributed by atoms with Crippen LogP contribution in [0.15, 0.2) is 12.1 Å². The number of fused-ring (bicyclic) bond motifs is 1. The quantitative estimate of drug-likeness (QED) is 0.925. The number of carboxylic acid groups (broad SMARTS) is 1. The molecular weight excluding hydrogens is 306 g/mol. The fraction of sp³-hybridized carbons (Fsp3) is 0.579. The second kappa shape index (κ2) is 5.80. The van der Waals surface area contributed by atoms with Gasteiger partial charge in [-0.3, -0.25) is 9.59 Å². The van der Waals surface area contributed by atoms with Crippen LogP contribution in [0.5, 0.6) is 5.75 Å². The van der Waals surface area contributed by atoms with Crippen molar-refractivity contribution in [1.82, 2.24) is 4.90 Å². The van der Waals surface area contributed by atoms with E-state index in [0.29, 0.717) is 19.6 Å². The van der Waals surface area contributed by atoms with Crippen LogP contribution in [0.25, 0.3) is 0 Å². The number of carboxylic acids is 1. The molecule has 1 amide bonds. The second-order valence-corrected chi connectivity index (χ2v) is 7.46. The van der Waals surface area contributed by atoms with E-state index in [0.717, 1.165) is 22.4 Å². The minimum absolute atomic E-state index is 0.00944. The lowest BCUT2D eigenvalue weighted by Gasteiger charge is -2.29. The third-order valence-corrected chi connectivity index (χ3v) is 5.85. The van der Waals surface area contributed by atoms with Gasteiger partial charge in [0.2, 0.25) is 5.91 Å². The van der Waals surface area contributed by atoms with Gasteiger partial charge in [-0.25, -0.2) is 0 Å². The van der Waals surface area contributed by atoms with Gasteiger partial charge >= 0.3 is 5.97 Å². The first-order valence-corrected chi connectivity index (χ1v) is 8.52. The Morgan fingerprint density at radius 2 is 1.96 bits per heavy atom. The number of rotatable bonds is 3. The number of ether oxygens (including phenoxy) is 1. The first-order chi connectivity index (χ1) is 11.3. The van der Waals surface area contributed by atoms with Gasteiger partial charge in [-0.1, -0.05) is 19.9 Å². The molecule has 1 aromatic rings. The zero-order valence-corrected chi connectivity index (χ0v) is 14.8. The molecule has 1 N–H and O–H groups in total. The summed E-state index contributed by atoms with van der Waals surface area (Å²) in [5.41, 5.74) is 2.38. The molecule has 130 valence electrons. The Morgan fingerprint density at radius 3 is 2.54 bits per heavy atom. The topological polar surface area (TPSA) is 66.8 Å². The number of aryl methyl sites for hydroxylation is 2. The van der Waals surface area contributed by atoms with Crippen LogP contribution in [-0.4, -0.2) is 41.6 Å². The number of nitrogens with zero attached hydrogens (tertiary/aromatic N) is 1. The van der Waals surface area contributed by atoms with Crippen molar-refractivity contribution in [2.75, 3.05) is 19.7 Å². The van der Waals surface area contributed by atoms with E-state index in [9.17, 15) is 14.7 Å². The molecule has 5 heteroatoms. The van der Waals surface area contributed by atoms with Gasteiger partial charge in [0.05, 0.1) is 5.41 Å². The number of aliphatic carboxylic acids is 1. The van der Waals surface area contributed by atoms with Crippen molar-refractivity contribution in [3.8, 4) is 5.75 Å². The molecule has 5 nitrogen and oxygen atoms in total. The zero-order valence-electron chi connectivity index (χ0n) is 14.8. The molecular formula is C19H25NO4. The molecule has 3 rings (SSSR count). The van der Waals surface area contributed by atoms with E-state index < -0.39 is 11.4 Å². The Labute approximate surface area is 142 Å². The van der Waals surface area contributed by atoms with Gasteiger partial charge in [-0.2, -0.15) is 0 Å². The summed E-state index contributed by atoms with van der Waals surface area (Å²) in [4.78, 5) is 26.5. The Kier molecular flexibility index (Phi) is 4.06. The summed E-state index contributed by atoms with van der Waals surface area (Å²) in [6, 6.07) is 4.01. The highest BCUT2D eigenvalue weighted by atomic mass is 16.5. The fourth-order valence-corrected chi connectivity index (χ4v) is 3.81. The molecule has 2 aliphatic rings. The molecule has 1 saturated heterocycles. The summed E-state index contributed by atoms with van der Waals surface area (Å²) in [6.07, 6.45) is 0.513. The van der Waals surface area contributed by atoms with Gasteiger partial charge in [0, 0.05) is 18.7 Å². The molecule has 2 aliphatic heterocycles. The fourth-order valence-electron chi connectivity index (χ4n) is 3.81. The molecule has 0 radical (unpaired) electrons. The molecule has 24 heavy (non-hydrogen) atoms. The van der Waals surface area contributed by atoms with Crippen LogP contribution < -0.4 is 4.74 Å². The molecule has 0 aromatic heterocycles. The van der Waals surface area contributed by atoms with E-state index >= 15 is 0 Å². The van der Waals surface area contributed by atoms with Crippen LogP contribution in [-0.2, 0) is 9.59 Å². The zero-order chi connectivity index (χ0) is 17.6. The minimum Gasteiger partial charge on any atom is -0.492 e. The maximum atomic E-state index is 13.0. The number of hydrogen-bond donors (Lipinski definition) is 1. The number of hydrogen-bond acceptors (Lipinski definition) is 3. The van der Waals surface area contributed by atoms with Gasteiger partial charge in [0.1, 0.15) is 18.3 Å². The van der Waals surface area contributed by atoms with Gasteiger partial charge < -0.3 is 14.7 Å². The lowest BCUT2D eigenvalue weighted by atomic mass is 9.76. The highest BCUT2D eigenvalue weighted by molar-refractivity contribution is 5.87. The standard InChI is InChI=1S/C19H25NO4/c1-11(2)19(18(22)23)5-6-20(10-19)17(21)15-9-24-16-8-13(4)12(3)7-14(15)16/h7-8,11,15H,5-6,9-10H2,1-4H3,(H,22,23). The lowest BCUT2D eigenvalue weighted by molar-refractivity contribution is -0.151. The highest BCUT2D eigenvalue weighted by Gasteiger charge is 2.49. The maximum absolute atomic E-state index is 13.0. The molecule has 2 unspecified atom stereocenters. The smallest absolute Gasteiger partial charge is 0.311 e. The van der Waals surface area contributed by atoms with Crippen molar-refractivity contribution in [3.63, 3.8) is 0 Å². The Bertz CT molecular complexity index is 697. The average molecular weight is 331 g/mol. The molecule has 0 aliphatic carbocycles. The monoisotopic (exact) mass is 331 g/mol. The predicted molar refractivity (Wildman–Crippen MR) is 90.3 cm³/mol. The SMILES string of the molecule is Cc1cc2c(cc1C)C(C(=O)N1CCC(C(=O)O)(C(C)C)C1)CO2. The average Bonchev–Trinajstić information content (AvgIpc) is 3.12. The van der Waals surface area contributed by atoms with Crippen LogP contribution in [0.4, 0.5) is 0 Å². The van der Waals surface area contributed by atoms with Gasteiger partial charge in [0.15, 0.2) is 0 Å². The van der Waals surface area contributed by atoms with Crippen LogP contribution >= 0.6 is 0 Å². The minimum atomic E-state index is -0.832. The van der Waals surface area contributed by atoms with E-state index in [1.807, 2.05) is 39.8 Å². The molecule has 1 aromatic carbocycles. The Hall–Kier alpha value is -2.04. The molecule has 0 spiro atoms. The summed E-state index contributed by atoms with van der Waals surface area (Å²) in [5, 5.41) is 9.66. The summed E-state index contributed by atoms with van der Waals surface area (Å²) >= 11 is 0. The van der Waals surface area contributed by atoms with Crippen molar-refractivity contribution >= 4 is 11.9 Å². The van der Waals surface area contributed by atoms with E-state index in [2.05, 4.69) is 0 Å². The van der Waals surface area contributed by atoms with E-state index in [1.165, 1.54) is 0 Å². The van der Waals surface area contributed by atoms with Crippen molar-refractivity contribution in [2.45, 2.75) is 40.0 Å². The number of benzene rings is 1. The number of carbonyl (C=O) groups excluding carboxylic acids is 1. The molecule has 0 bridgehead atoms. The molecule has 2 heterocycles. The molecule has 1 fully saturated rings. The normalized spacial score (nSPS) is 25.7. The number of amides is 1. The van der Waals surface area contributed by atoms with Crippen LogP contribution in [0.1, 0.15) is 42.9 Å². The summed E-state index contributed by atoms with van der Waals surface area (Å²) in [5.74, 6) is -0.368. The predicted octanol–water partition coefficient (Wildman–Crippen LogP) is 2.74. The molecule has 0 saturated carbocycles. The molecule has 2 atom stereocenters. The van der Waals surface area contributed by atoms with Gasteiger partial charge in [0.25, 0.3) is 0 Å². The van der Waals surface area contributed by atoms with Crippen LogP contribution in [0, 0.1) is 25.2 Å². The highest BCUT2D eigenvalue weighted by Crippen LogP contribution is 2.42. The van der Waals surface area contributed by atoms with E-state index in [1.54, 1.807) is 4.90 Å². The van der Waals surface area contributed by atoms with Crippen LogP contribution in [0.2, 0.25) is 0 Å². The maximum Gasteiger partial charge on any atom is 0.311 e. The summed E-state index contributed by atoms with van der Waals surface area (Å²) in [6.45, 7) is 9.02. The van der Waals surface area contributed by atoms with E-state index in [4.69, 9.17) is 4.74 Å². The number of carbonyl (C=O) groups is 2. The van der Waals surface area contributed by atoms with Crippen molar-refractivity contribution in [1.29, 1.82) is 0 Å². The number of likely N-dealkylation sites (tertiary alicyclic amines) is 1. The van der Waals surface area contributed by atoms with Crippen molar-refractivity contribution in [3.05, 3.63) is 28.8 Å². The summed E-state index contributed by atoms with van der Waals surface area (Å²) < 4.78 is 5.71. The second-order valence-electron chi connectivity index (χ2n) is 7.46. The first kappa shape index (κ1) is 16.8. The van der Waals surface area contributed by atoms with Crippen molar-refractivity contribution in [2.24, 2.45) is 11.3 Å². The third-order valence-electron chi connectivity index (χ3n) is 5.85. The van der Waals surface area contributed by atoms with Crippen molar-refractivity contribution < 1.29 is 19.4 Å². The van der Waals surface area contributed by atoms with Crippen LogP contribution in [0.3, 0.4) is 0 Å². The Morgan fingerprint density at radius 1 is 1.29 bits per heavy atom. The van der Waals surface area contributed by atoms with Gasteiger partial charge in [-0.15, -0.1) is 0 Å². The Balaban J connectivity index is 1.83. The van der Waals surface area contributed by atoms with E-state index in [-0.39, 0.29) is 24.3 Å². The third kappa shape index (κ3) is 2.46. The first-order valence-electron chi connectivity index (χ1n) is 8.52. The largest absolute Gasteiger partial charge is 0.492 e. The lowest BCUT2D eigenvalue weighted by Crippen LogP contribution is -2.42.